The number of aryl methyl sites for hydroxylation is 1. The van der Waals surface area contributed by atoms with Gasteiger partial charge in [0.15, 0.2) is 0 Å². The van der Waals surface area contributed by atoms with Gasteiger partial charge in [-0.2, -0.15) is 0 Å². The Morgan fingerprint density at radius 1 is 1.00 bits per heavy atom. The highest BCUT2D eigenvalue weighted by Gasteiger charge is 2.15. The predicted molar refractivity (Wildman–Crippen MR) is 77.6 cm³/mol. The van der Waals surface area contributed by atoms with Gasteiger partial charge in [0.05, 0.1) is 10.6 Å². The van der Waals surface area contributed by atoms with Gasteiger partial charge in [-0.15, -0.1) is 0 Å². The second-order valence-electron chi connectivity index (χ2n) is 4.66. The molecule has 0 aliphatic carbocycles. The van der Waals surface area contributed by atoms with Crippen molar-refractivity contribution in [1.82, 2.24) is 0 Å². The Morgan fingerprint density at radius 3 is 2.10 bits per heavy atom. The minimum Gasteiger partial charge on any atom is -0.279 e. The molecule has 2 aromatic rings. The number of anilines is 1. The third-order valence-electron chi connectivity index (χ3n) is 2.89. The van der Waals surface area contributed by atoms with Crippen LogP contribution in [0.4, 0.5) is 14.5 Å². The molecule has 6 heteroatoms. The minimum absolute atomic E-state index is 0.0482. The molecule has 3 nitrogen and oxygen atoms in total. The van der Waals surface area contributed by atoms with E-state index in [4.69, 9.17) is 0 Å². The summed E-state index contributed by atoms with van der Waals surface area (Å²) in [6.45, 7) is 2.03. The molecule has 0 aliphatic rings. The van der Waals surface area contributed by atoms with E-state index in [2.05, 4.69) is 4.72 Å². The number of sulfonamides is 1. The van der Waals surface area contributed by atoms with Crippen molar-refractivity contribution in [2.24, 2.45) is 0 Å². The zero-order chi connectivity index (χ0) is 15.5. The molecule has 0 amide bonds. The van der Waals surface area contributed by atoms with Crippen LogP contribution in [0, 0.1) is 11.6 Å². The monoisotopic (exact) mass is 311 g/mol. The van der Waals surface area contributed by atoms with Crippen LogP contribution in [0.1, 0.15) is 18.9 Å². The van der Waals surface area contributed by atoms with Crippen LogP contribution in [0.2, 0.25) is 0 Å². The largest absolute Gasteiger partial charge is 0.279 e. The predicted octanol–water partition coefficient (Wildman–Crippen LogP) is 3.72. The molecule has 0 aromatic heterocycles. The summed E-state index contributed by atoms with van der Waals surface area (Å²) in [6, 6.07) is 8.93. The first-order valence-electron chi connectivity index (χ1n) is 6.48. The van der Waals surface area contributed by atoms with E-state index in [1.54, 1.807) is 12.1 Å². The zero-order valence-corrected chi connectivity index (χ0v) is 12.3. The van der Waals surface area contributed by atoms with Crippen molar-refractivity contribution in [3.63, 3.8) is 0 Å². The van der Waals surface area contributed by atoms with Crippen LogP contribution in [0.5, 0.6) is 0 Å². The fourth-order valence-electron chi connectivity index (χ4n) is 1.95. The molecule has 0 unspecified atom stereocenters. The fraction of sp³-hybridized carbons (Fsp3) is 0.200. The summed E-state index contributed by atoms with van der Waals surface area (Å²) < 4.78 is 52.6. The lowest BCUT2D eigenvalue weighted by Gasteiger charge is -2.09. The molecule has 0 bridgehead atoms. The Morgan fingerprint density at radius 2 is 1.57 bits per heavy atom. The number of hydrogen-bond donors (Lipinski definition) is 1. The van der Waals surface area contributed by atoms with Crippen LogP contribution < -0.4 is 4.72 Å². The number of hydrogen-bond acceptors (Lipinski definition) is 2. The second kappa shape index (κ2) is 6.22. The summed E-state index contributed by atoms with van der Waals surface area (Å²) in [6.07, 6.45) is 1.83. The first-order chi connectivity index (χ1) is 9.90. The standard InChI is InChI=1S/C15H15F2NO2S/c1-2-3-11-4-6-15(7-5-11)21(19,20)18-14-9-12(16)8-13(17)10-14/h4-10,18H,2-3H2,1H3. The molecule has 2 rings (SSSR count). The van der Waals surface area contributed by atoms with E-state index < -0.39 is 21.7 Å². The molecule has 0 saturated carbocycles. The van der Waals surface area contributed by atoms with Crippen LogP contribution >= 0.6 is 0 Å². The summed E-state index contributed by atoms with van der Waals surface area (Å²) in [4.78, 5) is 0.0482. The molecule has 112 valence electrons. The molecule has 0 saturated heterocycles. The van der Waals surface area contributed by atoms with Gasteiger partial charge in [-0.25, -0.2) is 17.2 Å². The fourth-order valence-corrected chi connectivity index (χ4v) is 2.99. The Kier molecular flexibility index (Phi) is 4.57. The van der Waals surface area contributed by atoms with Gasteiger partial charge in [-0.05, 0) is 36.2 Å². The maximum Gasteiger partial charge on any atom is 0.261 e. The number of halogens is 2. The topological polar surface area (TPSA) is 46.2 Å². The number of rotatable bonds is 5. The molecule has 0 spiro atoms. The van der Waals surface area contributed by atoms with E-state index in [1.807, 2.05) is 6.92 Å². The van der Waals surface area contributed by atoms with Crippen molar-refractivity contribution < 1.29 is 17.2 Å². The second-order valence-corrected chi connectivity index (χ2v) is 6.34. The first kappa shape index (κ1) is 15.4. The Balaban J connectivity index is 2.25. The van der Waals surface area contributed by atoms with Gasteiger partial charge in [0, 0.05) is 6.07 Å². The first-order valence-corrected chi connectivity index (χ1v) is 7.97. The third kappa shape index (κ3) is 4.01. The quantitative estimate of drug-likeness (QED) is 0.915. The van der Waals surface area contributed by atoms with Crippen LogP contribution in [-0.4, -0.2) is 8.42 Å². The normalized spacial score (nSPS) is 11.4. The molecule has 21 heavy (non-hydrogen) atoms. The highest BCUT2D eigenvalue weighted by Crippen LogP contribution is 2.19. The van der Waals surface area contributed by atoms with Gasteiger partial charge in [0.1, 0.15) is 11.6 Å². The van der Waals surface area contributed by atoms with Gasteiger partial charge < -0.3 is 0 Å². The van der Waals surface area contributed by atoms with E-state index in [0.29, 0.717) is 6.07 Å². The van der Waals surface area contributed by atoms with Crippen molar-refractivity contribution in [2.45, 2.75) is 24.7 Å². The molecular formula is C15H15F2NO2S. The maximum atomic E-state index is 13.1. The van der Waals surface area contributed by atoms with Gasteiger partial charge in [0.25, 0.3) is 10.0 Å². The molecular weight excluding hydrogens is 296 g/mol. The summed E-state index contributed by atoms with van der Waals surface area (Å²) in [7, 11) is -3.86. The van der Waals surface area contributed by atoms with Gasteiger partial charge in [-0.3, -0.25) is 4.72 Å². The van der Waals surface area contributed by atoms with Crippen molar-refractivity contribution in [1.29, 1.82) is 0 Å². The molecule has 1 N–H and O–H groups in total. The Hall–Kier alpha value is -1.95. The molecule has 0 radical (unpaired) electrons. The zero-order valence-electron chi connectivity index (χ0n) is 11.4. The molecule has 0 heterocycles. The van der Waals surface area contributed by atoms with Gasteiger partial charge in [-0.1, -0.05) is 25.5 Å². The van der Waals surface area contributed by atoms with Crippen LogP contribution in [-0.2, 0) is 16.4 Å². The molecule has 0 fully saturated rings. The number of benzene rings is 2. The van der Waals surface area contributed by atoms with Gasteiger partial charge in [0.2, 0.25) is 0 Å². The summed E-state index contributed by atoms with van der Waals surface area (Å²) >= 11 is 0. The highest BCUT2D eigenvalue weighted by atomic mass is 32.2. The van der Waals surface area contributed by atoms with Gasteiger partial charge >= 0.3 is 0 Å². The molecule has 0 aliphatic heterocycles. The lowest BCUT2D eigenvalue weighted by atomic mass is 10.1. The maximum absolute atomic E-state index is 13.1. The van der Waals surface area contributed by atoms with Crippen LogP contribution in [0.15, 0.2) is 47.4 Å². The third-order valence-corrected chi connectivity index (χ3v) is 4.28. The van der Waals surface area contributed by atoms with E-state index in [1.165, 1.54) is 12.1 Å². The molecule has 0 atom stereocenters. The lowest BCUT2D eigenvalue weighted by Crippen LogP contribution is -2.13. The summed E-state index contributed by atoms with van der Waals surface area (Å²) in [5, 5.41) is 0. The average molecular weight is 311 g/mol. The minimum atomic E-state index is -3.86. The number of nitrogens with one attached hydrogen (secondary N) is 1. The Bertz CT molecular complexity index is 708. The lowest BCUT2D eigenvalue weighted by molar-refractivity contribution is 0.584. The van der Waals surface area contributed by atoms with E-state index >= 15 is 0 Å². The SMILES string of the molecule is CCCc1ccc(S(=O)(=O)Nc2cc(F)cc(F)c2)cc1. The van der Waals surface area contributed by atoms with Crippen molar-refractivity contribution in [3.8, 4) is 0 Å². The summed E-state index contributed by atoms with van der Waals surface area (Å²) in [5.74, 6) is -1.68. The van der Waals surface area contributed by atoms with Crippen LogP contribution in [0.3, 0.4) is 0 Å². The Labute approximate surface area is 122 Å². The van der Waals surface area contributed by atoms with Crippen molar-refractivity contribution >= 4 is 15.7 Å². The smallest absolute Gasteiger partial charge is 0.261 e. The molecule has 2 aromatic carbocycles. The van der Waals surface area contributed by atoms with E-state index in [0.717, 1.165) is 30.5 Å². The summed E-state index contributed by atoms with van der Waals surface area (Å²) in [5.41, 5.74) is 0.887. The van der Waals surface area contributed by atoms with Crippen molar-refractivity contribution in [3.05, 3.63) is 59.7 Å². The van der Waals surface area contributed by atoms with E-state index in [9.17, 15) is 17.2 Å². The highest BCUT2D eigenvalue weighted by molar-refractivity contribution is 7.92. The average Bonchev–Trinajstić information content (AvgIpc) is 2.38. The van der Waals surface area contributed by atoms with E-state index in [-0.39, 0.29) is 10.6 Å². The van der Waals surface area contributed by atoms with Crippen molar-refractivity contribution in [2.75, 3.05) is 4.72 Å². The van der Waals surface area contributed by atoms with Crippen LogP contribution in [0.25, 0.3) is 0 Å².